The molecule has 0 N–H and O–H groups in total. The third-order valence-electron chi connectivity index (χ3n) is 2.39. The molecule has 1 aliphatic rings. The van der Waals surface area contributed by atoms with Crippen LogP contribution in [0.5, 0.6) is 0 Å². The molecule has 0 radical (unpaired) electrons. The second-order valence-corrected chi connectivity index (χ2v) is 3.57. The van der Waals surface area contributed by atoms with Gasteiger partial charge in [-0.2, -0.15) is 0 Å². The number of hydrogen-bond acceptors (Lipinski definition) is 3. The average molecular weight is 187 g/mol. The van der Waals surface area contributed by atoms with Crippen molar-refractivity contribution in [2.45, 2.75) is 19.4 Å². The smallest absolute Gasteiger partial charge is 0.409 e. The molecule has 1 fully saturated rings. The molecule has 0 bridgehead atoms. The van der Waals surface area contributed by atoms with Gasteiger partial charge >= 0.3 is 6.09 Å². The molecule has 4 nitrogen and oxygen atoms in total. The number of ether oxygens (including phenoxy) is 2. The quantitative estimate of drug-likeness (QED) is 0.650. The normalized spacial score (nSPS) is 27.8. The summed E-state index contributed by atoms with van der Waals surface area (Å²) in [6.07, 6.45) is 0.759. The summed E-state index contributed by atoms with van der Waals surface area (Å²) in [7, 11) is 3.06. The Kier molecular flexibility index (Phi) is 3.54. The van der Waals surface area contributed by atoms with Crippen molar-refractivity contribution in [2.24, 2.45) is 5.92 Å². The van der Waals surface area contributed by atoms with Crippen molar-refractivity contribution in [3.8, 4) is 0 Å². The van der Waals surface area contributed by atoms with E-state index >= 15 is 0 Å². The zero-order valence-corrected chi connectivity index (χ0v) is 8.45. The molecule has 1 saturated heterocycles. The fourth-order valence-electron chi connectivity index (χ4n) is 1.84. The highest BCUT2D eigenvalue weighted by molar-refractivity contribution is 5.68. The first-order valence-electron chi connectivity index (χ1n) is 4.52. The van der Waals surface area contributed by atoms with E-state index in [9.17, 15) is 4.79 Å². The van der Waals surface area contributed by atoms with Gasteiger partial charge in [0.1, 0.15) is 0 Å². The average Bonchev–Trinajstić information content (AvgIpc) is 2.46. The van der Waals surface area contributed by atoms with Crippen molar-refractivity contribution >= 4 is 6.09 Å². The first-order valence-corrected chi connectivity index (χ1v) is 4.52. The van der Waals surface area contributed by atoms with Crippen LogP contribution in [0.3, 0.4) is 0 Å². The Morgan fingerprint density at radius 3 is 2.77 bits per heavy atom. The van der Waals surface area contributed by atoms with Crippen molar-refractivity contribution in [1.29, 1.82) is 0 Å². The van der Waals surface area contributed by atoms with Crippen LogP contribution < -0.4 is 0 Å². The van der Waals surface area contributed by atoms with Crippen molar-refractivity contribution < 1.29 is 14.3 Å². The SMILES string of the molecule is COC[C@@H]1C[C@@H](C)CN1C(=O)OC. The highest BCUT2D eigenvalue weighted by atomic mass is 16.5. The van der Waals surface area contributed by atoms with Crippen LogP contribution in [0.15, 0.2) is 0 Å². The van der Waals surface area contributed by atoms with Gasteiger partial charge in [-0.25, -0.2) is 4.79 Å². The molecule has 0 saturated carbocycles. The van der Waals surface area contributed by atoms with Crippen LogP contribution in [0.25, 0.3) is 0 Å². The fraction of sp³-hybridized carbons (Fsp3) is 0.889. The van der Waals surface area contributed by atoms with Gasteiger partial charge in [0.15, 0.2) is 0 Å². The van der Waals surface area contributed by atoms with Crippen LogP contribution in [-0.4, -0.2) is 44.4 Å². The number of carbonyl (C=O) groups excluding carboxylic acids is 1. The molecule has 0 aliphatic carbocycles. The van der Waals surface area contributed by atoms with Gasteiger partial charge < -0.3 is 14.4 Å². The summed E-state index contributed by atoms with van der Waals surface area (Å²) in [5.41, 5.74) is 0. The topological polar surface area (TPSA) is 38.8 Å². The van der Waals surface area contributed by atoms with Crippen molar-refractivity contribution in [3.05, 3.63) is 0 Å². The van der Waals surface area contributed by atoms with Gasteiger partial charge in [-0.1, -0.05) is 6.92 Å². The Hall–Kier alpha value is -0.770. The number of nitrogens with zero attached hydrogens (tertiary/aromatic N) is 1. The van der Waals surface area contributed by atoms with Gasteiger partial charge in [0, 0.05) is 13.7 Å². The lowest BCUT2D eigenvalue weighted by atomic mass is 10.1. The van der Waals surface area contributed by atoms with Crippen molar-refractivity contribution in [1.82, 2.24) is 4.90 Å². The van der Waals surface area contributed by atoms with Gasteiger partial charge in [0.05, 0.1) is 19.8 Å². The predicted molar refractivity (Wildman–Crippen MR) is 48.6 cm³/mol. The number of carbonyl (C=O) groups is 1. The van der Waals surface area contributed by atoms with Gasteiger partial charge in [-0.3, -0.25) is 0 Å². The van der Waals surface area contributed by atoms with Crippen molar-refractivity contribution in [3.63, 3.8) is 0 Å². The molecule has 2 atom stereocenters. The lowest BCUT2D eigenvalue weighted by Gasteiger charge is -2.22. The van der Waals surface area contributed by atoms with E-state index in [2.05, 4.69) is 6.92 Å². The molecule has 1 aliphatic heterocycles. The minimum Gasteiger partial charge on any atom is -0.453 e. The molecular weight excluding hydrogens is 170 g/mol. The number of rotatable bonds is 2. The molecule has 1 heterocycles. The molecule has 1 amide bonds. The van der Waals surface area contributed by atoms with Crippen molar-refractivity contribution in [2.75, 3.05) is 27.4 Å². The first-order chi connectivity index (χ1) is 6.19. The Morgan fingerprint density at radius 1 is 1.54 bits per heavy atom. The summed E-state index contributed by atoms with van der Waals surface area (Å²) in [4.78, 5) is 13.0. The minimum atomic E-state index is -0.244. The molecule has 1 rings (SSSR count). The minimum absolute atomic E-state index is 0.187. The maximum Gasteiger partial charge on any atom is 0.409 e. The Balaban J connectivity index is 2.55. The number of methoxy groups -OCH3 is 2. The van der Waals surface area contributed by atoms with E-state index in [-0.39, 0.29) is 12.1 Å². The van der Waals surface area contributed by atoms with Gasteiger partial charge in [-0.15, -0.1) is 0 Å². The maximum absolute atomic E-state index is 11.3. The molecule has 0 spiro atoms. The van der Waals surface area contributed by atoms with Crippen LogP contribution >= 0.6 is 0 Å². The molecule has 0 unspecified atom stereocenters. The summed E-state index contributed by atoms with van der Waals surface area (Å²) in [5, 5.41) is 0. The highest BCUT2D eigenvalue weighted by Gasteiger charge is 2.33. The Morgan fingerprint density at radius 2 is 2.23 bits per heavy atom. The lowest BCUT2D eigenvalue weighted by molar-refractivity contribution is 0.0871. The summed E-state index contributed by atoms with van der Waals surface area (Å²) < 4.78 is 9.74. The Bertz CT molecular complexity index is 184. The van der Waals surface area contributed by atoms with Gasteiger partial charge in [-0.05, 0) is 12.3 Å². The monoisotopic (exact) mass is 187 g/mol. The Labute approximate surface area is 78.8 Å². The van der Waals surface area contributed by atoms with Gasteiger partial charge in [0.2, 0.25) is 0 Å². The third-order valence-corrected chi connectivity index (χ3v) is 2.39. The second-order valence-electron chi connectivity index (χ2n) is 3.57. The lowest BCUT2D eigenvalue weighted by Crippen LogP contribution is -2.38. The highest BCUT2D eigenvalue weighted by Crippen LogP contribution is 2.23. The van der Waals surface area contributed by atoms with Crippen LogP contribution in [0.1, 0.15) is 13.3 Å². The third kappa shape index (κ3) is 2.34. The summed E-state index contributed by atoms with van der Waals surface area (Å²) >= 11 is 0. The molecule has 13 heavy (non-hydrogen) atoms. The molecule has 0 aromatic heterocycles. The van der Waals surface area contributed by atoms with E-state index in [0.717, 1.165) is 13.0 Å². The summed E-state index contributed by atoms with van der Waals surface area (Å²) in [6, 6.07) is 0.187. The van der Waals surface area contributed by atoms with E-state index in [1.807, 2.05) is 0 Å². The summed E-state index contributed by atoms with van der Waals surface area (Å²) in [5.74, 6) is 0.541. The number of hydrogen-bond donors (Lipinski definition) is 0. The molecule has 76 valence electrons. The predicted octanol–water partition coefficient (Wildman–Crippen LogP) is 1.11. The van der Waals surface area contributed by atoms with E-state index in [1.165, 1.54) is 7.11 Å². The van der Waals surface area contributed by atoms with Crippen LogP contribution in [-0.2, 0) is 9.47 Å². The van der Waals surface area contributed by atoms with Crippen LogP contribution in [0.4, 0.5) is 4.79 Å². The van der Waals surface area contributed by atoms with E-state index in [1.54, 1.807) is 12.0 Å². The standard InChI is InChI=1S/C9H17NO3/c1-7-4-8(6-12-2)10(5-7)9(11)13-3/h7-8H,4-6H2,1-3H3/t7-,8+/m1/s1. The van der Waals surface area contributed by atoms with E-state index in [0.29, 0.717) is 12.5 Å². The zero-order chi connectivity index (χ0) is 9.84. The molecular formula is C9H17NO3. The van der Waals surface area contributed by atoms with Crippen LogP contribution in [0, 0.1) is 5.92 Å². The summed E-state index contributed by atoms with van der Waals surface area (Å²) in [6.45, 7) is 3.51. The second kappa shape index (κ2) is 4.46. The number of likely N-dealkylation sites (tertiary alicyclic amines) is 1. The maximum atomic E-state index is 11.3. The van der Waals surface area contributed by atoms with E-state index in [4.69, 9.17) is 9.47 Å². The number of amides is 1. The zero-order valence-electron chi connectivity index (χ0n) is 8.45. The van der Waals surface area contributed by atoms with Gasteiger partial charge in [0.25, 0.3) is 0 Å². The van der Waals surface area contributed by atoms with E-state index < -0.39 is 0 Å². The van der Waals surface area contributed by atoms with Crippen LogP contribution in [0.2, 0.25) is 0 Å². The first kappa shape index (κ1) is 10.3. The largest absolute Gasteiger partial charge is 0.453 e. The molecule has 0 aromatic carbocycles. The molecule has 0 aromatic rings. The fourth-order valence-corrected chi connectivity index (χ4v) is 1.84. The molecule has 4 heteroatoms.